The Labute approximate surface area is 195 Å². The summed E-state index contributed by atoms with van der Waals surface area (Å²) in [6, 6.07) is 16.3. The number of rotatable bonds is 6. The van der Waals surface area contributed by atoms with E-state index in [9.17, 15) is 22.7 Å². The Kier molecular flexibility index (Phi) is 6.14. The predicted octanol–water partition coefficient (Wildman–Crippen LogP) is 4.81. The van der Waals surface area contributed by atoms with Gasteiger partial charge in [0, 0.05) is 10.6 Å². The standard InChI is InChI=1S/C24H19ClFNO5S/c1-32-20-5-3-2-4-16(20)14-27-21(15-6-10-18(26)11-7-15)23(22(28)24(27)29)33(30,31)19-12-8-17(25)9-13-19/h2-13,21,28H,14H2,1H3. The van der Waals surface area contributed by atoms with Crippen LogP contribution in [-0.2, 0) is 21.2 Å². The molecule has 1 aliphatic rings. The molecule has 170 valence electrons. The molecular formula is C24H19ClFNO5S. The van der Waals surface area contributed by atoms with Gasteiger partial charge in [-0.25, -0.2) is 12.8 Å². The molecule has 1 unspecified atom stereocenters. The van der Waals surface area contributed by atoms with Crippen molar-refractivity contribution in [3.05, 3.63) is 105 Å². The quantitative estimate of drug-likeness (QED) is 0.539. The SMILES string of the molecule is COc1ccccc1CN1C(=O)C(O)=C(S(=O)(=O)c2ccc(Cl)cc2)C1c1ccc(F)cc1. The predicted molar refractivity (Wildman–Crippen MR) is 121 cm³/mol. The summed E-state index contributed by atoms with van der Waals surface area (Å²) in [6.07, 6.45) is 0. The lowest BCUT2D eigenvalue weighted by molar-refractivity contribution is -0.130. The largest absolute Gasteiger partial charge is 0.502 e. The number of methoxy groups -OCH3 is 1. The van der Waals surface area contributed by atoms with Gasteiger partial charge in [-0.2, -0.15) is 0 Å². The highest BCUT2D eigenvalue weighted by Gasteiger charge is 2.47. The van der Waals surface area contributed by atoms with E-state index in [2.05, 4.69) is 0 Å². The Balaban J connectivity index is 1.86. The number of carbonyl (C=O) groups excluding carboxylic acids is 1. The van der Waals surface area contributed by atoms with Crippen molar-refractivity contribution in [2.75, 3.05) is 7.11 Å². The molecule has 0 spiro atoms. The Bertz CT molecular complexity index is 1340. The number of hydrogen-bond acceptors (Lipinski definition) is 5. The van der Waals surface area contributed by atoms with Gasteiger partial charge in [0.25, 0.3) is 5.91 Å². The Morgan fingerprint density at radius 2 is 1.67 bits per heavy atom. The number of nitrogens with zero attached hydrogens (tertiary/aromatic N) is 1. The van der Waals surface area contributed by atoms with E-state index in [-0.39, 0.29) is 11.4 Å². The molecule has 1 heterocycles. The summed E-state index contributed by atoms with van der Waals surface area (Å²) in [6.45, 7) is -0.0470. The van der Waals surface area contributed by atoms with Crippen LogP contribution in [0.25, 0.3) is 0 Å². The first-order valence-electron chi connectivity index (χ1n) is 9.86. The van der Waals surface area contributed by atoms with Crippen LogP contribution in [0, 0.1) is 5.82 Å². The molecule has 3 aromatic carbocycles. The monoisotopic (exact) mass is 487 g/mol. The number of aliphatic hydroxyl groups excluding tert-OH is 1. The van der Waals surface area contributed by atoms with Gasteiger partial charge in [-0.1, -0.05) is 41.9 Å². The van der Waals surface area contributed by atoms with Gasteiger partial charge in [-0.15, -0.1) is 0 Å². The van der Waals surface area contributed by atoms with Crippen LogP contribution in [0.1, 0.15) is 17.2 Å². The molecule has 0 aliphatic carbocycles. The van der Waals surface area contributed by atoms with Gasteiger partial charge in [0.2, 0.25) is 9.84 Å². The number of aliphatic hydroxyl groups is 1. The molecule has 1 N–H and O–H groups in total. The van der Waals surface area contributed by atoms with Crippen molar-refractivity contribution in [1.29, 1.82) is 0 Å². The lowest BCUT2D eigenvalue weighted by atomic mass is 10.1. The summed E-state index contributed by atoms with van der Waals surface area (Å²) in [7, 11) is -2.82. The maximum atomic E-state index is 13.6. The number of sulfone groups is 1. The molecule has 33 heavy (non-hydrogen) atoms. The summed E-state index contributed by atoms with van der Waals surface area (Å²) in [5.41, 5.74) is 0.939. The van der Waals surface area contributed by atoms with Gasteiger partial charge in [0.1, 0.15) is 16.5 Å². The van der Waals surface area contributed by atoms with E-state index in [0.29, 0.717) is 21.9 Å². The van der Waals surface area contributed by atoms with Gasteiger partial charge in [0.15, 0.2) is 5.76 Å². The molecule has 6 nitrogen and oxygen atoms in total. The highest BCUT2D eigenvalue weighted by atomic mass is 35.5. The van der Waals surface area contributed by atoms with Crippen LogP contribution in [0.4, 0.5) is 4.39 Å². The molecule has 1 amide bonds. The summed E-state index contributed by atoms with van der Waals surface area (Å²) >= 11 is 5.89. The first kappa shape index (κ1) is 22.8. The lowest BCUT2D eigenvalue weighted by Gasteiger charge is -2.27. The van der Waals surface area contributed by atoms with Crippen molar-refractivity contribution in [2.24, 2.45) is 0 Å². The average molecular weight is 488 g/mol. The van der Waals surface area contributed by atoms with Crippen LogP contribution in [0.3, 0.4) is 0 Å². The molecule has 0 saturated heterocycles. The third-order valence-corrected chi connectivity index (χ3v) is 7.53. The molecule has 3 aromatic rings. The third kappa shape index (κ3) is 4.19. The molecule has 1 atom stereocenters. The molecule has 9 heteroatoms. The molecule has 4 rings (SSSR count). The van der Waals surface area contributed by atoms with Crippen molar-refractivity contribution in [3.63, 3.8) is 0 Å². The fourth-order valence-electron chi connectivity index (χ4n) is 3.80. The summed E-state index contributed by atoms with van der Waals surface area (Å²) < 4.78 is 46.0. The number of para-hydroxylation sites is 1. The van der Waals surface area contributed by atoms with E-state index in [1.165, 1.54) is 60.5 Å². The van der Waals surface area contributed by atoms with Crippen LogP contribution in [0.5, 0.6) is 5.75 Å². The Hall–Kier alpha value is -3.36. The zero-order chi connectivity index (χ0) is 23.8. The lowest BCUT2D eigenvalue weighted by Crippen LogP contribution is -2.31. The minimum absolute atomic E-state index is 0.0470. The highest BCUT2D eigenvalue weighted by molar-refractivity contribution is 7.95. The van der Waals surface area contributed by atoms with Crippen LogP contribution in [0.15, 0.2) is 88.4 Å². The summed E-state index contributed by atoms with van der Waals surface area (Å²) in [5, 5.41) is 11.1. The van der Waals surface area contributed by atoms with Crippen molar-refractivity contribution in [1.82, 2.24) is 4.90 Å². The maximum absolute atomic E-state index is 13.6. The van der Waals surface area contributed by atoms with Crippen molar-refractivity contribution >= 4 is 27.3 Å². The molecule has 0 aromatic heterocycles. The van der Waals surface area contributed by atoms with E-state index in [0.717, 1.165) is 0 Å². The first-order chi connectivity index (χ1) is 15.7. The Morgan fingerprint density at radius 3 is 2.30 bits per heavy atom. The molecular weight excluding hydrogens is 469 g/mol. The zero-order valence-corrected chi connectivity index (χ0v) is 19.0. The molecule has 0 fully saturated rings. The van der Waals surface area contributed by atoms with E-state index >= 15 is 0 Å². The third-order valence-electron chi connectivity index (χ3n) is 5.39. The molecule has 0 saturated carbocycles. The first-order valence-corrected chi connectivity index (χ1v) is 11.7. The average Bonchev–Trinajstić information content (AvgIpc) is 3.06. The minimum atomic E-state index is -4.30. The topological polar surface area (TPSA) is 83.9 Å². The fourth-order valence-corrected chi connectivity index (χ4v) is 5.57. The van der Waals surface area contributed by atoms with Gasteiger partial charge < -0.3 is 14.7 Å². The van der Waals surface area contributed by atoms with Crippen molar-refractivity contribution < 1.29 is 27.4 Å². The van der Waals surface area contributed by atoms with Crippen LogP contribution >= 0.6 is 11.6 Å². The van der Waals surface area contributed by atoms with Crippen LogP contribution in [0.2, 0.25) is 5.02 Å². The van der Waals surface area contributed by atoms with Gasteiger partial charge in [-0.05, 0) is 48.0 Å². The second kappa shape index (κ2) is 8.88. The molecule has 0 radical (unpaired) electrons. The van der Waals surface area contributed by atoms with Crippen molar-refractivity contribution in [2.45, 2.75) is 17.5 Å². The Morgan fingerprint density at radius 1 is 1.03 bits per heavy atom. The second-order valence-corrected chi connectivity index (χ2v) is 9.72. The number of ether oxygens (including phenoxy) is 1. The number of halogens is 2. The van der Waals surface area contributed by atoms with Crippen LogP contribution < -0.4 is 4.74 Å². The minimum Gasteiger partial charge on any atom is -0.502 e. The molecule has 1 aliphatic heterocycles. The zero-order valence-electron chi connectivity index (χ0n) is 17.4. The number of benzene rings is 3. The maximum Gasteiger partial charge on any atom is 0.290 e. The molecule has 0 bridgehead atoms. The normalized spacial score (nSPS) is 16.4. The highest BCUT2D eigenvalue weighted by Crippen LogP contribution is 2.43. The van der Waals surface area contributed by atoms with E-state index < -0.39 is 38.3 Å². The fraction of sp³-hybridized carbons (Fsp3) is 0.125. The number of hydrogen-bond donors (Lipinski definition) is 1. The van der Waals surface area contributed by atoms with E-state index in [1.807, 2.05) is 0 Å². The number of carbonyl (C=O) groups is 1. The van der Waals surface area contributed by atoms with E-state index in [1.54, 1.807) is 24.3 Å². The van der Waals surface area contributed by atoms with Crippen molar-refractivity contribution in [3.8, 4) is 5.75 Å². The van der Waals surface area contributed by atoms with Crippen LogP contribution in [-0.4, -0.2) is 31.4 Å². The summed E-state index contributed by atoms with van der Waals surface area (Å²) in [5.74, 6) is -1.76. The second-order valence-electron chi connectivity index (χ2n) is 7.37. The summed E-state index contributed by atoms with van der Waals surface area (Å²) in [4.78, 5) is 13.7. The smallest absolute Gasteiger partial charge is 0.290 e. The van der Waals surface area contributed by atoms with Gasteiger partial charge in [-0.3, -0.25) is 4.79 Å². The van der Waals surface area contributed by atoms with Gasteiger partial charge in [0.05, 0.1) is 24.6 Å². The number of amides is 1. The van der Waals surface area contributed by atoms with Gasteiger partial charge >= 0.3 is 0 Å². The van der Waals surface area contributed by atoms with E-state index in [4.69, 9.17) is 16.3 Å².